The van der Waals surface area contributed by atoms with Crippen LogP contribution >= 0.6 is 0 Å². The number of alkyl halides is 5. The molecule has 1 saturated heterocycles. The lowest BCUT2D eigenvalue weighted by Crippen LogP contribution is -2.60. The molecule has 1 aromatic heterocycles. The molecule has 11 nitrogen and oxygen atoms in total. The standard InChI is InChI=1S/C27H29F5N4O7/c1-37-14-20-21(38-2)22(39-3)23(40-4)25(41-20)43-34-13-16-5-7-17(8-6-16)24-33-15-36(35-24)18-9-11-19(12-10-18)42-27(31,32)26(28,29)30/h5-13,15,20-23,25H,14H2,1-4H3/b34-13+/t20-,21-,22+,23+,25-/m0/s1. The van der Waals surface area contributed by atoms with Crippen molar-refractivity contribution in [3.8, 4) is 22.8 Å². The summed E-state index contributed by atoms with van der Waals surface area (Å²) in [5.41, 5.74) is 1.69. The van der Waals surface area contributed by atoms with E-state index in [1.807, 2.05) is 0 Å². The lowest BCUT2D eigenvalue weighted by molar-refractivity contribution is -0.360. The monoisotopic (exact) mass is 616 g/mol. The van der Waals surface area contributed by atoms with E-state index in [-0.39, 0.29) is 6.61 Å². The smallest absolute Gasteiger partial charge is 0.426 e. The summed E-state index contributed by atoms with van der Waals surface area (Å²) >= 11 is 0. The predicted molar refractivity (Wildman–Crippen MR) is 140 cm³/mol. The van der Waals surface area contributed by atoms with Gasteiger partial charge in [-0.25, -0.2) is 9.67 Å². The van der Waals surface area contributed by atoms with Crippen LogP contribution < -0.4 is 4.74 Å². The summed E-state index contributed by atoms with van der Waals surface area (Å²) in [6, 6.07) is 11.5. The van der Waals surface area contributed by atoms with Crippen LogP contribution in [0.2, 0.25) is 0 Å². The van der Waals surface area contributed by atoms with Crippen molar-refractivity contribution >= 4 is 6.21 Å². The highest BCUT2D eigenvalue weighted by Crippen LogP contribution is 2.37. The maximum Gasteiger partial charge on any atom is 0.499 e. The van der Waals surface area contributed by atoms with Crippen LogP contribution in [0.1, 0.15) is 5.56 Å². The largest absolute Gasteiger partial charge is 0.499 e. The van der Waals surface area contributed by atoms with Crippen LogP contribution in [-0.4, -0.2) is 99.0 Å². The van der Waals surface area contributed by atoms with Gasteiger partial charge < -0.3 is 33.3 Å². The van der Waals surface area contributed by atoms with Gasteiger partial charge in [0.25, 0.3) is 6.29 Å². The highest BCUT2D eigenvalue weighted by molar-refractivity contribution is 5.80. The third-order valence-corrected chi connectivity index (χ3v) is 6.44. The zero-order valence-electron chi connectivity index (χ0n) is 23.4. The Balaban J connectivity index is 1.39. The lowest BCUT2D eigenvalue weighted by atomic mass is 9.98. The summed E-state index contributed by atoms with van der Waals surface area (Å²) in [7, 11) is 6.12. The minimum atomic E-state index is -5.84. The Morgan fingerprint density at radius 1 is 0.884 bits per heavy atom. The second-order valence-electron chi connectivity index (χ2n) is 9.18. The van der Waals surface area contributed by atoms with E-state index in [2.05, 4.69) is 20.0 Å². The second-order valence-corrected chi connectivity index (χ2v) is 9.18. The van der Waals surface area contributed by atoms with Crippen molar-refractivity contribution in [3.05, 3.63) is 60.4 Å². The van der Waals surface area contributed by atoms with Crippen LogP contribution in [-0.2, 0) is 28.5 Å². The molecule has 0 aliphatic carbocycles. The van der Waals surface area contributed by atoms with E-state index in [1.54, 1.807) is 38.5 Å². The van der Waals surface area contributed by atoms with Crippen molar-refractivity contribution in [3.63, 3.8) is 0 Å². The van der Waals surface area contributed by atoms with E-state index in [0.29, 0.717) is 22.6 Å². The van der Waals surface area contributed by atoms with Crippen LogP contribution in [0.3, 0.4) is 0 Å². The van der Waals surface area contributed by atoms with Crippen LogP contribution in [0, 0.1) is 0 Å². The van der Waals surface area contributed by atoms with Crippen LogP contribution in [0.4, 0.5) is 22.0 Å². The molecule has 0 unspecified atom stereocenters. The molecule has 1 fully saturated rings. The van der Waals surface area contributed by atoms with Gasteiger partial charge in [0.1, 0.15) is 30.4 Å². The first-order chi connectivity index (χ1) is 20.5. The van der Waals surface area contributed by atoms with E-state index >= 15 is 0 Å². The van der Waals surface area contributed by atoms with Gasteiger partial charge in [-0.05, 0) is 29.8 Å². The fourth-order valence-corrected chi connectivity index (χ4v) is 4.33. The molecule has 1 aliphatic heterocycles. The molecule has 16 heteroatoms. The highest BCUT2D eigenvalue weighted by Gasteiger charge is 2.61. The van der Waals surface area contributed by atoms with E-state index < -0.39 is 48.7 Å². The van der Waals surface area contributed by atoms with Crippen molar-refractivity contribution in [1.82, 2.24) is 14.8 Å². The number of ether oxygens (including phenoxy) is 6. The van der Waals surface area contributed by atoms with Crippen LogP contribution in [0.25, 0.3) is 17.1 Å². The van der Waals surface area contributed by atoms with E-state index in [9.17, 15) is 22.0 Å². The molecule has 0 N–H and O–H groups in total. The minimum Gasteiger partial charge on any atom is -0.426 e. The second kappa shape index (κ2) is 13.7. The van der Waals surface area contributed by atoms with Crippen LogP contribution in [0.5, 0.6) is 5.75 Å². The van der Waals surface area contributed by atoms with Gasteiger partial charge in [0, 0.05) is 34.0 Å². The van der Waals surface area contributed by atoms with Gasteiger partial charge in [-0.2, -0.15) is 22.0 Å². The molecule has 3 aromatic rings. The molecule has 0 saturated carbocycles. The van der Waals surface area contributed by atoms with E-state index in [4.69, 9.17) is 28.5 Å². The van der Waals surface area contributed by atoms with Gasteiger partial charge in [0.2, 0.25) is 0 Å². The molecule has 5 atom stereocenters. The maximum atomic E-state index is 13.1. The third-order valence-electron chi connectivity index (χ3n) is 6.44. The van der Waals surface area contributed by atoms with Crippen molar-refractivity contribution in [2.45, 2.75) is 43.0 Å². The molecule has 0 spiro atoms. The number of hydrogen-bond donors (Lipinski definition) is 0. The number of nitrogens with zero attached hydrogens (tertiary/aromatic N) is 4. The normalized spacial score (nSPS) is 23.0. The van der Waals surface area contributed by atoms with Crippen molar-refractivity contribution < 1.29 is 55.2 Å². The molecule has 2 aromatic carbocycles. The Bertz CT molecular complexity index is 1340. The molecular formula is C27H29F5N4O7. The molecule has 234 valence electrons. The average Bonchev–Trinajstić information content (AvgIpc) is 3.47. The van der Waals surface area contributed by atoms with E-state index in [1.165, 1.54) is 43.6 Å². The molecule has 0 bridgehead atoms. The average molecular weight is 617 g/mol. The summed E-state index contributed by atoms with van der Waals surface area (Å²) in [4.78, 5) is 9.84. The number of methoxy groups -OCH3 is 4. The summed E-state index contributed by atoms with van der Waals surface area (Å²) in [5.74, 6) is -0.322. The fraction of sp³-hybridized carbons (Fsp3) is 0.444. The Kier molecular flexibility index (Phi) is 10.3. The van der Waals surface area contributed by atoms with Crippen molar-refractivity contribution in [1.29, 1.82) is 0 Å². The highest BCUT2D eigenvalue weighted by atomic mass is 19.4. The van der Waals surface area contributed by atoms with Gasteiger partial charge >= 0.3 is 12.3 Å². The predicted octanol–water partition coefficient (Wildman–Crippen LogP) is 4.24. The Labute approximate surface area is 243 Å². The Morgan fingerprint density at radius 2 is 1.53 bits per heavy atom. The quantitative estimate of drug-likeness (QED) is 0.168. The van der Waals surface area contributed by atoms with Gasteiger partial charge in [-0.3, -0.25) is 0 Å². The Hall–Kier alpha value is -3.70. The van der Waals surface area contributed by atoms with Crippen LogP contribution in [0.15, 0.2) is 60.0 Å². The zero-order chi connectivity index (χ0) is 31.2. The molecule has 2 heterocycles. The fourth-order valence-electron chi connectivity index (χ4n) is 4.33. The SMILES string of the molecule is COC[C@@H]1O[C@@H](O/N=C/c2ccc(-c3ncn(-c4ccc(OC(F)(F)C(F)(F)F)cc4)n3)cc2)[C@H](OC)[C@H](OC)[C@H]1OC. The van der Waals surface area contributed by atoms with Gasteiger partial charge in [0.05, 0.1) is 18.5 Å². The van der Waals surface area contributed by atoms with Crippen molar-refractivity contribution in [2.24, 2.45) is 5.16 Å². The number of aromatic nitrogens is 3. The zero-order valence-corrected chi connectivity index (χ0v) is 23.4. The number of benzene rings is 2. The number of oxime groups is 1. The van der Waals surface area contributed by atoms with Gasteiger partial charge in [-0.1, -0.05) is 29.4 Å². The summed E-state index contributed by atoms with van der Waals surface area (Å²) in [6.45, 7) is 0.240. The summed E-state index contributed by atoms with van der Waals surface area (Å²) in [6.07, 6.45) is -11.3. The van der Waals surface area contributed by atoms with Crippen molar-refractivity contribution in [2.75, 3.05) is 35.0 Å². The molecule has 1 aliphatic rings. The molecule has 0 amide bonds. The first-order valence-electron chi connectivity index (χ1n) is 12.7. The van der Waals surface area contributed by atoms with Gasteiger partial charge in [0.15, 0.2) is 11.9 Å². The Morgan fingerprint density at radius 3 is 2.12 bits per heavy atom. The molecule has 0 radical (unpaired) electrons. The third kappa shape index (κ3) is 7.45. The first kappa shape index (κ1) is 32.2. The molecule has 4 rings (SSSR count). The molecule has 43 heavy (non-hydrogen) atoms. The lowest BCUT2D eigenvalue weighted by Gasteiger charge is -2.43. The number of rotatable bonds is 12. The number of hydrogen-bond acceptors (Lipinski definition) is 10. The minimum absolute atomic E-state index is 0.240. The topological polar surface area (TPSA) is 108 Å². The summed E-state index contributed by atoms with van der Waals surface area (Å²) in [5, 5.41) is 8.38. The number of halogens is 5. The van der Waals surface area contributed by atoms with Gasteiger partial charge in [-0.15, -0.1) is 5.10 Å². The van der Waals surface area contributed by atoms with E-state index in [0.717, 1.165) is 12.1 Å². The maximum absolute atomic E-state index is 13.1. The molecular weight excluding hydrogens is 587 g/mol. The summed E-state index contributed by atoms with van der Waals surface area (Å²) < 4.78 is 96.4. The first-order valence-corrected chi connectivity index (χ1v) is 12.7.